The number of nitrogens with two attached hydrogens (primary N) is 2. The molecule has 0 spiro atoms. The van der Waals surface area contributed by atoms with Crippen LogP contribution in [-0.2, 0) is 23.9 Å². The molecular weight excluding hydrogens is 410 g/mol. The summed E-state index contributed by atoms with van der Waals surface area (Å²) in [6.07, 6.45) is 0.128. The predicted molar refractivity (Wildman–Crippen MR) is 121 cm³/mol. The first-order valence-electron chi connectivity index (χ1n) is 10.2. The van der Waals surface area contributed by atoms with Gasteiger partial charge in [0.15, 0.2) is 0 Å². The molecule has 0 heterocycles. The lowest BCUT2D eigenvalue weighted by molar-refractivity contribution is -0.173. The summed E-state index contributed by atoms with van der Waals surface area (Å²) < 4.78 is 9.82. The van der Waals surface area contributed by atoms with Gasteiger partial charge >= 0.3 is 11.9 Å². The minimum Gasteiger partial charge on any atom is -0.428 e. The minimum absolute atomic E-state index is 0.00193. The van der Waals surface area contributed by atoms with Gasteiger partial charge in [-0.05, 0) is 43.9 Å². The number of primary amides is 1. The molecule has 0 aromatic heterocycles. The van der Waals surface area contributed by atoms with Gasteiger partial charge in [0.25, 0.3) is 0 Å². The fourth-order valence-electron chi connectivity index (χ4n) is 2.92. The van der Waals surface area contributed by atoms with Crippen LogP contribution in [0.4, 0.5) is 0 Å². The summed E-state index contributed by atoms with van der Waals surface area (Å²) in [6, 6.07) is 14.6. The van der Waals surface area contributed by atoms with Crippen LogP contribution in [0.3, 0.4) is 0 Å². The second-order valence-electron chi connectivity index (χ2n) is 8.42. The van der Waals surface area contributed by atoms with Crippen molar-refractivity contribution in [2.45, 2.75) is 39.5 Å². The number of carbonyl (C=O) groups is 3. The summed E-state index contributed by atoms with van der Waals surface area (Å²) in [5, 5.41) is 7.46. The Kier molecular flexibility index (Phi) is 8.12. The maximum atomic E-state index is 12.0. The second-order valence-corrected chi connectivity index (χ2v) is 8.42. The fourth-order valence-corrected chi connectivity index (χ4v) is 2.92. The van der Waals surface area contributed by atoms with Crippen LogP contribution in [0.25, 0.3) is 11.1 Å². The van der Waals surface area contributed by atoms with E-state index < -0.39 is 36.0 Å². The van der Waals surface area contributed by atoms with E-state index >= 15 is 0 Å². The number of ether oxygens (including phenoxy) is 2. The Morgan fingerprint density at radius 2 is 1.44 bits per heavy atom. The molecule has 0 bridgehead atoms. The zero-order chi connectivity index (χ0) is 23.9. The Bertz CT molecular complexity index is 976. The number of rotatable bonds is 9. The summed E-state index contributed by atoms with van der Waals surface area (Å²) in [7, 11) is 0. The average molecular weight is 440 g/mol. The van der Waals surface area contributed by atoms with E-state index in [1.807, 2.05) is 24.3 Å². The molecule has 5 N–H and O–H groups in total. The molecule has 0 aliphatic rings. The van der Waals surface area contributed by atoms with Crippen molar-refractivity contribution in [3.63, 3.8) is 0 Å². The van der Waals surface area contributed by atoms with Gasteiger partial charge < -0.3 is 20.9 Å². The molecule has 2 aromatic rings. The van der Waals surface area contributed by atoms with E-state index in [1.54, 1.807) is 45.0 Å². The number of esters is 2. The number of hydrogen-bond acceptors (Lipinski definition) is 6. The van der Waals surface area contributed by atoms with Crippen LogP contribution in [0.1, 0.15) is 50.7 Å². The molecule has 0 aliphatic heterocycles. The molecule has 32 heavy (non-hydrogen) atoms. The summed E-state index contributed by atoms with van der Waals surface area (Å²) in [5.41, 5.74) is 13.5. The smallest absolute Gasteiger partial charge is 0.314 e. The van der Waals surface area contributed by atoms with Crippen LogP contribution in [0, 0.1) is 10.8 Å². The van der Waals surface area contributed by atoms with E-state index in [2.05, 4.69) is 0 Å². The summed E-state index contributed by atoms with van der Waals surface area (Å²) in [5.74, 6) is -2.26. The lowest BCUT2D eigenvalue weighted by Gasteiger charge is -2.17. The van der Waals surface area contributed by atoms with Gasteiger partial charge in [0.2, 0.25) is 12.7 Å². The van der Waals surface area contributed by atoms with Crippen LogP contribution in [0.2, 0.25) is 0 Å². The van der Waals surface area contributed by atoms with E-state index in [-0.39, 0.29) is 18.7 Å². The first-order chi connectivity index (χ1) is 15.0. The summed E-state index contributed by atoms with van der Waals surface area (Å²) in [4.78, 5) is 35.6. The van der Waals surface area contributed by atoms with Gasteiger partial charge in [0, 0.05) is 12.0 Å². The largest absolute Gasteiger partial charge is 0.428 e. The standard InChI is InChI=1S/C24H29N3O5/c1-24(2,3)23(30)32-14-31-20(28)13-12-19(22(27)29)17-8-4-15(5-9-17)16-6-10-18(11-7-16)21(25)26/h4-11,19H,12-14H2,1-3H3,(H3,25,26)(H2,27,29). The number of nitrogens with one attached hydrogen (secondary N) is 1. The highest BCUT2D eigenvalue weighted by atomic mass is 16.7. The number of amides is 1. The number of hydrogen-bond donors (Lipinski definition) is 3. The highest BCUT2D eigenvalue weighted by molar-refractivity contribution is 5.95. The molecule has 8 heteroatoms. The van der Waals surface area contributed by atoms with E-state index in [0.717, 1.165) is 11.1 Å². The molecule has 1 atom stereocenters. The molecule has 0 saturated carbocycles. The van der Waals surface area contributed by atoms with Crippen LogP contribution in [0.5, 0.6) is 0 Å². The number of nitrogen functional groups attached to an aromatic ring is 1. The van der Waals surface area contributed by atoms with Crippen molar-refractivity contribution in [3.05, 3.63) is 59.7 Å². The molecule has 170 valence electrons. The quantitative estimate of drug-likeness (QED) is 0.237. The third-order valence-electron chi connectivity index (χ3n) is 4.85. The van der Waals surface area contributed by atoms with Crippen LogP contribution in [-0.4, -0.2) is 30.5 Å². The third kappa shape index (κ3) is 6.94. The molecule has 1 amide bonds. The third-order valence-corrected chi connectivity index (χ3v) is 4.85. The maximum Gasteiger partial charge on any atom is 0.314 e. The Balaban J connectivity index is 1.96. The van der Waals surface area contributed by atoms with E-state index in [9.17, 15) is 14.4 Å². The van der Waals surface area contributed by atoms with Crippen molar-refractivity contribution in [3.8, 4) is 11.1 Å². The zero-order valence-electron chi connectivity index (χ0n) is 18.5. The van der Waals surface area contributed by atoms with Gasteiger partial charge in [-0.15, -0.1) is 0 Å². The van der Waals surface area contributed by atoms with E-state index in [1.165, 1.54) is 0 Å². The van der Waals surface area contributed by atoms with Gasteiger partial charge in [-0.3, -0.25) is 19.8 Å². The van der Waals surface area contributed by atoms with Crippen molar-refractivity contribution in [2.75, 3.05) is 6.79 Å². The Labute approximate surface area is 187 Å². The van der Waals surface area contributed by atoms with Crippen LogP contribution < -0.4 is 11.5 Å². The Hall–Kier alpha value is -3.68. The predicted octanol–water partition coefficient (Wildman–Crippen LogP) is 3.08. The molecule has 2 rings (SSSR count). The topological polar surface area (TPSA) is 146 Å². The zero-order valence-corrected chi connectivity index (χ0v) is 18.5. The normalized spacial score (nSPS) is 12.0. The Morgan fingerprint density at radius 3 is 1.91 bits per heavy atom. The van der Waals surface area contributed by atoms with Crippen LogP contribution >= 0.6 is 0 Å². The monoisotopic (exact) mass is 439 g/mol. The molecule has 2 aromatic carbocycles. The average Bonchev–Trinajstić information content (AvgIpc) is 2.73. The lowest BCUT2D eigenvalue weighted by atomic mass is 9.92. The molecule has 8 nitrogen and oxygen atoms in total. The molecule has 0 aliphatic carbocycles. The first-order valence-corrected chi connectivity index (χ1v) is 10.2. The van der Waals surface area contributed by atoms with Crippen molar-refractivity contribution in [1.82, 2.24) is 0 Å². The van der Waals surface area contributed by atoms with Gasteiger partial charge in [-0.25, -0.2) is 0 Å². The van der Waals surface area contributed by atoms with E-state index in [0.29, 0.717) is 11.1 Å². The lowest BCUT2D eigenvalue weighted by Crippen LogP contribution is -2.25. The number of benzene rings is 2. The van der Waals surface area contributed by atoms with Gasteiger partial charge in [-0.1, -0.05) is 48.5 Å². The van der Waals surface area contributed by atoms with Crippen molar-refractivity contribution in [2.24, 2.45) is 16.9 Å². The Morgan fingerprint density at radius 1 is 0.906 bits per heavy atom. The van der Waals surface area contributed by atoms with Crippen molar-refractivity contribution < 1.29 is 23.9 Å². The maximum absolute atomic E-state index is 12.0. The van der Waals surface area contributed by atoms with E-state index in [4.69, 9.17) is 26.4 Å². The highest BCUT2D eigenvalue weighted by Crippen LogP contribution is 2.26. The number of amidine groups is 1. The first kappa shape index (κ1) is 24.6. The van der Waals surface area contributed by atoms with Crippen LogP contribution in [0.15, 0.2) is 48.5 Å². The minimum atomic E-state index is -0.689. The molecule has 0 fully saturated rings. The molecular formula is C24H29N3O5. The number of carbonyl (C=O) groups excluding carboxylic acids is 3. The summed E-state index contributed by atoms with van der Waals surface area (Å²) >= 11 is 0. The second kappa shape index (κ2) is 10.6. The fraction of sp³-hybridized carbons (Fsp3) is 0.333. The molecule has 0 saturated heterocycles. The van der Waals surface area contributed by atoms with Gasteiger partial charge in [-0.2, -0.15) is 0 Å². The SMILES string of the molecule is CC(C)(C)C(=O)OCOC(=O)CCC(C(N)=O)c1ccc(-c2ccc(C(=N)N)cc2)cc1. The van der Waals surface area contributed by atoms with Crippen molar-refractivity contribution in [1.29, 1.82) is 5.41 Å². The summed E-state index contributed by atoms with van der Waals surface area (Å²) in [6.45, 7) is 4.62. The van der Waals surface area contributed by atoms with Gasteiger partial charge in [0.05, 0.1) is 11.3 Å². The molecule has 1 unspecified atom stereocenters. The highest BCUT2D eigenvalue weighted by Gasteiger charge is 2.24. The van der Waals surface area contributed by atoms with Crippen molar-refractivity contribution >= 4 is 23.7 Å². The van der Waals surface area contributed by atoms with Gasteiger partial charge in [0.1, 0.15) is 5.84 Å². The molecule has 0 radical (unpaired) electrons.